The summed E-state index contributed by atoms with van der Waals surface area (Å²) in [5.74, 6) is 1.84. The van der Waals surface area contributed by atoms with Gasteiger partial charge in [-0.15, -0.1) is 0 Å². The highest BCUT2D eigenvalue weighted by molar-refractivity contribution is 5.98. The molecule has 3 heterocycles. The number of rotatable bonds is 2. The summed E-state index contributed by atoms with van der Waals surface area (Å²) in [6, 6.07) is 16.2. The predicted molar refractivity (Wildman–Crippen MR) is 87.0 cm³/mol. The highest BCUT2D eigenvalue weighted by Crippen LogP contribution is 2.31. The van der Waals surface area contributed by atoms with E-state index in [9.17, 15) is 4.79 Å². The molecule has 1 aromatic carbocycles. The second kappa shape index (κ2) is 4.98. The Morgan fingerprint density at radius 3 is 2.59 bits per heavy atom. The summed E-state index contributed by atoms with van der Waals surface area (Å²) < 4.78 is 2.14. The summed E-state index contributed by atoms with van der Waals surface area (Å²) in [7, 11) is 0. The Kier molecular flexibility index (Phi) is 2.96. The van der Waals surface area contributed by atoms with Gasteiger partial charge in [0.25, 0.3) is 0 Å². The summed E-state index contributed by atoms with van der Waals surface area (Å²) in [6.45, 7) is 2.82. The van der Waals surface area contributed by atoms with Crippen LogP contribution in [0.5, 0.6) is 0 Å². The van der Waals surface area contributed by atoms with Gasteiger partial charge >= 0.3 is 0 Å². The number of aryl methyl sites for hydroxylation is 1. The third kappa shape index (κ3) is 1.91. The maximum Gasteiger partial charge on any atom is 0.228 e. The Labute approximate surface area is 129 Å². The molecule has 4 heteroatoms. The molecule has 0 aliphatic carbocycles. The van der Waals surface area contributed by atoms with Crippen molar-refractivity contribution < 1.29 is 4.79 Å². The smallest absolute Gasteiger partial charge is 0.228 e. The van der Waals surface area contributed by atoms with Crippen LogP contribution < -0.4 is 4.90 Å². The van der Waals surface area contributed by atoms with E-state index in [2.05, 4.69) is 29.5 Å². The van der Waals surface area contributed by atoms with Crippen LogP contribution in [-0.4, -0.2) is 21.8 Å². The molecule has 1 aliphatic rings. The van der Waals surface area contributed by atoms with Crippen LogP contribution in [0.3, 0.4) is 0 Å². The Hall–Kier alpha value is -2.62. The minimum absolute atomic E-state index is 0.168. The Balaban J connectivity index is 2.00. The average Bonchev–Trinajstić information content (AvgIpc) is 3.12. The third-order valence-corrected chi connectivity index (χ3v) is 4.20. The van der Waals surface area contributed by atoms with Crippen LogP contribution in [0.15, 0.2) is 48.5 Å². The Bertz CT molecular complexity index is 851. The lowest BCUT2D eigenvalue weighted by Crippen LogP contribution is -2.24. The molecule has 1 saturated heterocycles. The number of pyridine rings is 1. The lowest BCUT2D eigenvalue weighted by atomic mass is 10.2. The molecule has 1 amide bonds. The van der Waals surface area contributed by atoms with E-state index in [0.29, 0.717) is 6.42 Å². The maximum absolute atomic E-state index is 12.1. The van der Waals surface area contributed by atoms with Crippen molar-refractivity contribution in [2.24, 2.45) is 0 Å². The maximum atomic E-state index is 12.1. The topological polar surface area (TPSA) is 37.6 Å². The zero-order chi connectivity index (χ0) is 15.1. The number of nitrogens with zero attached hydrogens (tertiary/aromatic N) is 3. The van der Waals surface area contributed by atoms with Crippen molar-refractivity contribution in [1.82, 2.24) is 9.38 Å². The number of hydrogen-bond donors (Lipinski definition) is 0. The molecule has 0 N–H and O–H groups in total. The fourth-order valence-corrected chi connectivity index (χ4v) is 3.13. The second-order valence-electron chi connectivity index (χ2n) is 5.66. The van der Waals surface area contributed by atoms with Crippen LogP contribution in [0.25, 0.3) is 16.9 Å². The van der Waals surface area contributed by atoms with Gasteiger partial charge < -0.3 is 0 Å². The van der Waals surface area contributed by atoms with Gasteiger partial charge in [0, 0.05) is 24.2 Å². The van der Waals surface area contributed by atoms with Gasteiger partial charge in [0.2, 0.25) is 5.91 Å². The molecule has 0 bridgehead atoms. The molecular weight excluding hydrogens is 274 g/mol. The molecule has 0 spiro atoms. The fraction of sp³-hybridized carbons (Fsp3) is 0.222. The molecule has 1 aliphatic heterocycles. The van der Waals surface area contributed by atoms with Crippen molar-refractivity contribution in [3.63, 3.8) is 0 Å². The van der Waals surface area contributed by atoms with Gasteiger partial charge in [-0.2, -0.15) is 0 Å². The second-order valence-corrected chi connectivity index (χ2v) is 5.66. The molecule has 4 nitrogen and oxygen atoms in total. The summed E-state index contributed by atoms with van der Waals surface area (Å²) >= 11 is 0. The zero-order valence-corrected chi connectivity index (χ0v) is 12.5. The number of anilines is 1. The van der Waals surface area contributed by atoms with Crippen LogP contribution in [0.1, 0.15) is 18.5 Å². The van der Waals surface area contributed by atoms with Gasteiger partial charge in [-0.3, -0.25) is 14.1 Å². The first kappa shape index (κ1) is 13.1. The highest BCUT2D eigenvalue weighted by Gasteiger charge is 2.27. The first-order valence-corrected chi connectivity index (χ1v) is 7.59. The van der Waals surface area contributed by atoms with Crippen LogP contribution >= 0.6 is 0 Å². The summed E-state index contributed by atoms with van der Waals surface area (Å²) in [4.78, 5) is 18.8. The monoisotopic (exact) mass is 291 g/mol. The molecule has 0 saturated carbocycles. The van der Waals surface area contributed by atoms with E-state index in [4.69, 9.17) is 4.98 Å². The number of carbonyl (C=O) groups excluding carboxylic acids is 1. The lowest BCUT2D eigenvalue weighted by molar-refractivity contribution is -0.117. The fourth-order valence-electron chi connectivity index (χ4n) is 3.13. The average molecular weight is 291 g/mol. The van der Waals surface area contributed by atoms with E-state index in [1.807, 2.05) is 35.2 Å². The largest absolute Gasteiger partial charge is 0.295 e. The van der Waals surface area contributed by atoms with Gasteiger partial charge in [0.1, 0.15) is 5.82 Å². The number of aromatic nitrogens is 2. The highest BCUT2D eigenvalue weighted by atomic mass is 16.2. The Morgan fingerprint density at radius 1 is 1.05 bits per heavy atom. The minimum Gasteiger partial charge on any atom is -0.295 e. The van der Waals surface area contributed by atoms with Gasteiger partial charge in [-0.1, -0.05) is 36.4 Å². The quantitative estimate of drug-likeness (QED) is 0.725. The number of fused-ring (bicyclic) bond motifs is 1. The standard InChI is InChI=1S/C18H17N3O/c1-13-7-5-10-15-18(20-12-6-11-16(20)22)19-17(21(13)15)14-8-3-2-4-9-14/h2-5,7-10H,6,11-12H2,1H3. The van der Waals surface area contributed by atoms with E-state index >= 15 is 0 Å². The lowest BCUT2D eigenvalue weighted by Gasteiger charge is -2.12. The molecule has 22 heavy (non-hydrogen) atoms. The number of hydrogen-bond acceptors (Lipinski definition) is 2. The van der Waals surface area contributed by atoms with Gasteiger partial charge in [0.15, 0.2) is 5.82 Å². The van der Waals surface area contributed by atoms with E-state index in [1.54, 1.807) is 0 Å². The molecule has 110 valence electrons. The summed E-state index contributed by atoms with van der Waals surface area (Å²) in [6.07, 6.45) is 1.52. The molecular formula is C18H17N3O. The number of carbonyl (C=O) groups is 1. The van der Waals surface area contributed by atoms with Crippen LogP contribution in [0, 0.1) is 6.92 Å². The van der Waals surface area contributed by atoms with Crippen molar-refractivity contribution in [3.05, 3.63) is 54.2 Å². The molecule has 0 atom stereocenters. The molecule has 0 radical (unpaired) electrons. The van der Waals surface area contributed by atoms with Crippen molar-refractivity contribution in [1.29, 1.82) is 0 Å². The first-order chi connectivity index (χ1) is 10.8. The molecule has 0 unspecified atom stereocenters. The van der Waals surface area contributed by atoms with Crippen molar-refractivity contribution >= 4 is 17.2 Å². The van der Waals surface area contributed by atoms with Crippen LogP contribution in [-0.2, 0) is 4.79 Å². The van der Waals surface area contributed by atoms with Gasteiger partial charge in [-0.05, 0) is 25.5 Å². The normalized spacial score (nSPS) is 15.0. The zero-order valence-electron chi connectivity index (χ0n) is 12.5. The van der Waals surface area contributed by atoms with Gasteiger partial charge in [-0.25, -0.2) is 4.98 Å². The molecule has 1 fully saturated rings. The van der Waals surface area contributed by atoms with E-state index in [-0.39, 0.29) is 5.91 Å². The van der Waals surface area contributed by atoms with E-state index < -0.39 is 0 Å². The predicted octanol–water partition coefficient (Wildman–Crippen LogP) is 3.44. The molecule has 4 rings (SSSR count). The van der Waals surface area contributed by atoms with Crippen molar-refractivity contribution in [2.75, 3.05) is 11.4 Å². The minimum atomic E-state index is 0.168. The summed E-state index contributed by atoms with van der Waals surface area (Å²) in [5, 5.41) is 0. The third-order valence-electron chi connectivity index (χ3n) is 4.20. The molecule has 2 aromatic heterocycles. The first-order valence-electron chi connectivity index (χ1n) is 7.59. The van der Waals surface area contributed by atoms with Crippen LogP contribution in [0.4, 0.5) is 5.82 Å². The van der Waals surface area contributed by atoms with Crippen LogP contribution in [0.2, 0.25) is 0 Å². The van der Waals surface area contributed by atoms with E-state index in [0.717, 1.165) is 41.4 Å². The number of imidazole rings is 1. The summed E-state index contributed by atoms with van der Waals surface area (Å²) in [5.41, 5.74) is 3.17. The molecule has 3 aromatic rings. The van der Waals surface area contributed by atoms with Crippen molar-refractivity contribution in [2.45, 2.75) is 19.8 Å². The number of amides is 1. The van der Waals surface area contributed by atoms with Crippen molar-refractivity contribution in [3.8, 4) is 11.4 Å². The van der Waals surface area contributed by atoms with Gasteiger partial charge in [0.05, 0.1) is 5.52 Å². The van der Waals surface area contributed by atoms with E-state index in [1.165, 1.54) is 0 Å². The Morgan fingerprint density at radius 2 is 1.86 bits per heavy atom. The SMILES string of the molecule is Cc1cccc2c(N3CCCC3=O)nc(-c3ccccc3)n12. The number of benzene rings is 1.